The van der Waals surface area contributed by atoms with E-state index >= 15 is 0 Å². The second kappa shape index (κ2) is 2.66. The lowest BCUT2D eigenvalue weighted by atomic mass is 10.6. The van der Waals surface area contributed by atoms with Gasteiger partial charge in [0, 0.05) is 7.05 Å². The van der Waals surface area contributed by atoms with Crippen molar-refractivity contribution in [1.29, 1.82) is 0 Å². The summed E-state index contributed by atoms with van der Waals surface area (Å²) in [5, 5.41) is 0. The van der Waals surface area contributed by atoms with Crippen molar-refractivity contribution in [3.05, 3.63) is 0 Å². The van der Waals surface area contributed by atoms with E-state index in [9.17, 15) is 4.79 Å². The van der Waals surface area contributed by atoms with Gasteiger partial charge in [-0.15, -0.1) is 0 Å². The molecule has 1 rings (SSSR count). The van der Waals surface area contributed by atoms with Gasteiger partial charge in [0.05, 0.1) is 15.0 Å². The first kappa shape index (κ1) is 8.20. The molecule has 50 valence electrons. The molecule has 0 bridgehead atoms. The fraction of sp³-hybridized carbons (Fsp3) is 0.600. The smallest absolute Gasteiger partial charge is 0.266 e. The molecule has 4 heteroatoms. The third-order valence-electron chi connectivity index (χ3n) is 1.21. The number of amides is 1. The summed E-state index contributed by atoms with van der Waals surface area (Å²) in [6, 6.07) is 0. The number of hydrogen-bond donors (Lipinski definition) is 0. The molecule has 0 radical (unpaired) electrons. The van der Waals surface area contributed by atoms with E-state index in [4.69, 9.17) is 0 Å². The number of likely N-dealkylation sites (N-methyl/N-ethyl adjacent to an activating group) is 1. The number of hydrogen-bond acceptors (Lipinski definition) is 2. The second-order valence-electron chi connectivity index (χ2n) is 1.91. The second-order valence-corrected chi connectivity index (χ2v) is 1.91. The van der Waals surface area contributed by atoms with Crippen LogP contribution < -0.4 is 0 Å². The van der Waals surface area contributed by atoms with E-state index < -0.39 is 0 Å². The van der Waals surface area contributed by atoms with E-state index in [2.05, 4.69) is 4.99 Å². The van der Waals surface area contributed by atoms with E-state index in [1.54, 1.807) is 0 Å². The van der Waals surface area contributed by atoms with Crippen LogP contribution >= 0.6 is 0 Å². The quantitative estimate of drug-likeness (QED) is 0.377. The van der Waals surface area contributed by atoms with E-state index in [0.717, 1.165) is 5.84 Å². The molecular formula is C5H11BN2O. The molecule has 0 N–H and O–H groups in total. The molecule has 0 spiro atoms. The summed E-state index contributed by atoms with van der Waals surface area (Å²) in [6.07, 6.45) is 0. The van der Waals surface area contributed by atoms with Gasteiger partial charge in [0.25, 0.3) is 5.91 Å². The van der Waals surface area contributed by atoms with Gasteiger partial charge in [-0.05, 0) is 6.92 Å². The molecule has 3 nitrogen and oxygen atoms in total. The zero-order valence-corrected chi connectivity index (χ0v) is 5.01. The van der Waals surface area contributed by atoms with Gasteiger partial charge in [-0.25, -0.2) is 0 Å². The van der Waals surface area contributed by atoms with Crippen molar-refractivity contribution in [2.24, 2.45) is 4.99 Å². The SMILES string of the molecule is B.CC1=NC(=O)CN1C. The Balaban J connectivity index is 0.000000640. The summed E-state index contributed by atoms with van der Waals surface area (Å²) in [5.41, 5.74) is 0. The van der Waals surface area contributed by atoms with Crippen molar-refractivity contribution in [2.45, 2.75) is 6.92 Å². The zero-order chi connectivity index (χ0) is 6.15. The standard InChI is InChI=1S/C5H8N2O.BH3/c1-4-6-5(8)3-7(4)2;/h3H2,1-2H3;1H3. The van der Waals surface area contributed by atoms with Crippen LogP contribution in [0, 0.1) is 0 Å². The fourth-order valence-corrected chi connectivity index (χ4v) is 0.618. The van der Waals surface area contributed by atoms with Gasteiger partial charge in [-0.2, -0.15) is 4.99 Å². The Morgan fingerprint density at radius 1 is 1.67 bits per heavy atom. The first-order chi connectivity index (χ1) is 3.70. The number of carbonyl (C=O) groups excluding carboxylic acids is 1. The maximum absolute atomic E-state index is 10.4. The predicted molar refractivity (Wildman–Crippen MR) is 40.7 cm³/mol. The molecular weight excluding hydrogens is 115 g/mol. The zero-order valence-electron chi connectivity index (χ0n) is 5.01. The Labute approximate surface area is 56.3 Å². The van der Waals surface area contributed by atoms with Gasteiger partial charge in [-0.1, -0.05) is 0 Å². The molecule has 0 saturated carbocycles. The number of nitrogens with zero attached hydrogens (tertiary/aromatic N) is 2. The van der Waals surface area contributed by atoms with Crippen molar-refractivity contribution in [3.8, 4) is 0 Å². The summed E-state index contributed by atoms with van der Waals surface area (Å²) in [5.74, 6) is 0.778. The highest BCUT2D eigenvalue weighted by atomic mass is 16.2. The lowest BCUT2D eigenvalue weighted by Gasteiger charge is -2.05. The third kappa shape index (κ3) is 1.55. The van der Waals surface area contributed by atoms with Gasteiger partial charge in [0.15, 0.2) is 0 Å². The Kier molecular flexibility index (Phi) is 2.43. The Hall–Kier alpha value is -0.795. The van der Waals surface area contributed by atoms with Crippen LogP contribution in [0.1, 0.15) is 6.92 Å². The van der Waals surface area contributed by atoms with Crippen molar-refractivity contribution >= 4 is 20.2 Å². The first-order valence-corrected chi connectivity index (χ1v) is 2.49. The minimum Gasteiger partial charge on any atom is -0.354 e. The molecule has 0 saturated heterocycles. The maximum atomic E-state index is 10.4. The number of aliphatic imine (C=N–C) groups is 1. The van der Waals surface area contributed by atoms with Gasteiger partial charge in [0.2, 0.25) is 0 Å². The Bertz CT molecular complexity index is 155. The molecule has 0 fully saturated rings. The number of amidine groups is 1. The summed E-state index contributed by atoms with van der Waals surface area (Å²) >= 11 is 0. The highest BCUT2D eigenvalue weighted by Crippen LogP contribution is 1.96. The number of carbonyl (C=O) groups is 1. The molecule has 1 aliphatic heterocycles. The average Bonchev–Trinajstić information content (AvgIpc) is 1.85. The normalized spacial score (nSPS) is 17.3. The van der Waals surface area contributed by atoms with E-state index in [1.807, 2.05) is 18.9 Å². The lowest BCUT2D eigenvalue weighted by molar-refractivity contribution is -0.116. The summed E-state index contributed by atoms with van der Waals surface area (Å²) in [4.78, 5) is 15.9. The van der Waals surface area contributed by atoms with Crippen molar-refractivity contribution in [2.75, 3.05) is 13.6 Å². The van der Waals surface area contributed by atoms with Crippen LogP contribution in [0.15, 0.2) is 4.99 Å². The van der Waals surface area contributed by atoms with Crippen LogP contribution in [0.4, 0.5) is 0 Å². The highest BCUT2D eigenvalue weighted by Gasteiger charge is 2.13. The van der Waals surface area contributed by atoms with Crippen molar-refractivity contribution in [1.82, 2.24) is 4.90 Å². The minimum atomic E-state index is -0.0370. The van der Waals surface area contributed by atoms with E-state index in [0.29, 0.717) is 6.54 Å². The third-order valence-corrected chi connectivity index (χ3v) is 1.21. The Morgan fingerprint density at radius 3 is 2.33 bits per heavy atom. The van der Waals surface area contributed by atoms with Gasteiger partial charge >= 0.3 is 0 Å². The van der Waals surface area contributed by atoms with Crippen LogP contribution in [-0.4, -0.2) is 38.6 Å². The van der Waals surface area contributed by atoms with Crippen LogP contribution in [-0.2, 0) is 4.79 Å². The highest BCUT2D eigenvalue weighted by molar-refractivity contribution is 6.00. The van der Waals surface area contributed by atoms with Gasteiger partial charge in [-0.3, -0.25) is 4.79 Å². The van der Waals surface area contributed by atoms with E-state index in [1.165, 1.54) is 0 Å². The number of rotatable bonds is 0. The monoisotopic (exact) mass is 126 g/mol. The largest absolute Gasteiger partial charge is 0.354 e. The van der Waals surface area contributed by atoms with Gasteiger partial charge < -0.3 is 4.90 Å². The molecule has 9 heavy (non-hydrogen) atoms. The van der Waals surface area contributed by atoms with Crippen molar-refractivity contribution < 1.29 is 4.79 Å². The summed E-state index contributed by atoms with van der Waals surface area (Å²) in [6.45, 7) is 2.27. The topological polar surface area (TPSA) is 32.7 Å². The molecule has 0 aromatic carbocycles. The molecule has 0 aliphatic carbocycles. The molecule has 0 unspecified atom stereocenters. The fourth-order valence-electron chi connectivity index (χ4n) is 0.618. The maximum Gasteiger partial charge on any atom is 0.266 e. The van der Waals surface area contributed by atoms with Crippen LogP contribution in [0.3, 0.4) is 0 Å². The summed E-state index contributed by atoms with van der Waals surface area (Å²) < 4.78 is 0. The van der Waals surface area contributed by atoms with Crippen LogP contribution in [0.2, 0.25) is 0 Å². The minimum absolute atomic E-state index is 0. The molecule has 0 aromatic rings. The molecule has 1 aliphatic rings. The average molecular weight is 126 g/mol. The predicted octanol–water partition coefficient (Wildman–Crippen LogP) is -1.31. The van der Waals surface area contributed by atoms with Gasteiger partial charge in [0.1, 0.15) is 5.84 Å². The van der Waals surface area contributed by atoms with Crippen molar-refractivity contribution in [3.63, 3.8) is 0 Å². The lowest BCUT2D eigenvalue weighted by Crippen LogP contribution is -2.20. The van der Waals surface area contributed by atoms with Crippen LogP contribution in [0.5, 0.6) is 0 Å². The first-order valence-electron chi connectivity index (χ1n) is 2.49. The Morgan fingerprint density at radius 2 is 2.22 bits per heavy atom. The molecule has 1 heterocycles. The van der Waals surface area contributed by atoms with Crippen LogP contribution in [0.25, 0.3) is 0 Å². The molecule has 0 atom stereocenters. The summed E-state index contributed by atoms with van der Waals surface area (Å²) in [7, 11) is 1.85. The molecule has 1 amide bonds. The van der Waals surface area contributed by atoms with E-state index in [-0.39, 0.29) is 14.3 Å². The molecule has 0 aromatic heterocycles.